The van der Waals surface area contributed by atoms with Gasteiger partial charge in [0.2, 0.25) is 0 Å². The van der Waals surface area contributed by atoms with E-state index in [1.165, 1.54) is 6.20 Å². The summed E-state index contributed by atoms with van der Waals surface area (Å²) >= 11 is 0. The van der Waals surface area contributed by atoms with Crippen molar-refractivity contribution in [1.29, 1.82) is 0 Å². The minimum Gasteiger partial charge on any atom is -0.497 e. The normalized spacial score (nSPS) is 14.1. The highest BCUT2D eigenvalue weighted by atomic mass is 16.5. The summed E-state index contributed by atoms with van der Waals surface area (Å²) in [5.74, 6) is 0.786. The molecule has 1 saturated heterocycles. The first-order valence-corrected chi connectivity index (χ1v) is 7.19. The third kappa shape index (κ3) is 2.72. The number of ether oxygens (including phenoxy) is 1. The Morgan fingerprint density at radius 3 is 2.50 bits per heavy atom. The first-order chi connectivity index (χ1) is 10.7. The lowest BCUT2D eigenvalue weighted by Crippen LogP contribution is -2.22. The second-order valence-electron chi connectivity index (χ2n) is 5.16. The molecule has 0 aliphatic carbocycles. The lowest BCUT2D eigenvalue weighted by molar-refractivity contribution is 0.0696. The Balaban J connectivity index is 2.01. The van der Waals surface area contributed by atoms with Crippen molar-refractivity contribution >= 4 is 11.8 Å². The van der Waals surface area contributed by atoms with Crippen LogP contribution < -0.4 is 9.64 Å². The molecule has 1 aliphatic rings. The standard InChI is InChI=1S/C16H17N3O3/c1-22-12-6-4-11(5-7-12)14-17-10-13(16(20)21)15(18-14)19-8-2-3-9-19/h4-7,10H,2-3,8-9H2,1H3,(H,20,21). The largest absolute Gasteiger partial charge is 0.497 e. The number of hydrogen-bond donors (Lipinski definition) is 1. The van der Waals surface area contributed by atoms with Crippen molar-refractivity contribution < 1.29 is 14.6 Å². The Hall–Kier alpha value is -2.63. The summed E-state index contributed by atoms with van der Waals surface area (Å²) in [4.78, 5) is 22.1. The van der Waals surface area contributed by atoms with Crippen LogP contribution in [0.5, 0.6) is 5.75 Å². The van der Waals surface area contributed by atoms with Gasteiger partial charge in [-0.25, -0.2) is 14.8 Å². The molecule has 1 fully saturated rings. The summed E-state index contributed by atoms with van der Waals surface area (Å²) in [6.45, 7) is 1.67. The fourth-order valence-corrected chi connectivity index (χ4v) is 2.57. The third-order valence-corrected chi connectivity index (χ3v) is 3.75. The van der Waals surface area contributed by atoms with Crippen LogP contribution in [0.1, 0.15) is 23.2 Å². The molecular weight excluding hydrogens is 282 g/mol. The predicted molar refractivity (Wildman–Crippen MR) is 82.4 cm³/mol. The van der Waals surface area contributed by atoms with Crippen LogP contribution in [0.25, 0.3) is 11.4 Å². The van der Waals surface area contributed by atoms with Gasteiger partial charge in [-0.05, 0) is 37.1 Å². The van der Waals surface area contributed by atoms with Gasteiger partial charge < -0.3 is 14.7 Å². The maximum absolute atomic E-state index is 11.4. The summed E-state index contributed by atoms with van der Waals surface area (Å²) in [7, 11) is 1.61. The Bertz CT molecular complexity index is 680. The number of carbonyl (C=O) groups is 1. The number of anilines is 1. The average Bonchev–Trinajstić information content (AvgIpc) is 3.08. The van der Waals surface area contributed by atoms with E-state index < -0.39 is 5.97 Å². The number of carboxylic acids is 1. The molecule has 6 nitrogen and oxygen atoms in total. The zero-order chi connectivity index (χ0) is 15.5. The first-order valence-electron chi connectivity index (χ1n) is 7.19. The monoisotopic (exact) mass is 299 g/mol. The number of nitrogens with zero attached hydrogens (tertiary/aromatic N) is 3. The molecule has 6 heteroatoms. The van der Waals surface area contributed by atoms with Crippen LogP contribution in [0.2, 0.25) is 0 Å². The van der Waals surface area contributed by atoms with Crippen LogP contribution in [-0.2, 0) is 0 Å². The van der Waals surface area contributed by atoms with E-state index in [4.69, 9.17) is 4.74 Å². The molecule has 114 valence electrons. The number of aromatic carboxylic acids is 1. The van der Waals surface area contributed by atoms with Gasteiger partial charge >= 0.3 is 5.97 Å². The molecule has 0 saturated carbocycles. The lowest BCUT2D eigenvalue weighted by atomic mass is 10.2. The van der Waals surface area contributed by atoms with Crippen molar-refractivity contribution in [3.63, 3.8) is 0 Å². The zero-order valence-corrected chi connectivity index (χ0v) is 12.3. The minimum atomic E-state index is -0.997. The number of hydrogen-bond acceptors (Lipinski definition) is 5. The van der Waals surface area contributed by atoms with E-state index in [0.717, 1.165) is 37.2 Å². The second kappa shape index (κ2) is 6.01. The average molecular weight is 299 g/mol. The predicted octanol–water partition coefficient (Wildman–Crippen LogP) is 2.45. The van der Waals surface area contributed by atoms with Gasteiger partial charge in [-0.15, -0.1) is 0 Å². The molecule has 0 unspecified atom stereocenters. The maximum atomic E-state index is 11.4. The molecule has 3 rings (SSSR count). The van der Waals surface area contributed by atoms with Gasteiger partial charge in [-0.1, -0.05) is 0 Å². The Labute approximate surface area is 128 Å². The Morgan fingerprint density at radius 1 is 1.23 bits per heavy atom. The first kappa shape index (κ1) is 14.3. The fourth-order valence-electron chi connectivity index (χ4n) is 2.57. The van der Waals surface area contributed by atoms with E-state index in [0.29, 0.717) is 11.6 Å². The molecule has 2 heterocycles. The number of carboxylic acid groups (broad SMARTS) is 1. The van der Waals surface area contributed by atoms with Gasteiger partial charge in [0.1, 0.15) is 17.1 Å². The smallest absolute Gasteiger partial charge is 0.341 e. The van der Waals surface area contributed by atoms with Crippen LogP contribution >= 0.6 is 0 Å². The van der Waals surface area contributed by atoms with E-state index in [-0.39, 0.29) is 5.56 Å². The Morgan fingerprint density at radius 2 is 1.91 bits per heavy atom. The minimum absolute atomic E-state index is 0.152. The summed E-state index contributed by atoms with van der Waals surface area (Å²) in [6.07, 6.45) is 3.50. The van der Waals surface area contributed by atoms with Crippen LogP contribution in [-0.4, -0.2) is 41.2 Å². The second-order valence-corrected chi connectivity index (χ2v) is 5.16. The van der Waals surface area contributed by atoms with E-state index in [2.05, 4.69) is 9.97 Å². The van der Waals surface area contributed by atoms with Gasteiger partial charge in [-0.3, -0.25) is 0 Å². The van der Waals surface area contributed by atoms with Crippen molar-refractivity contribution in [1.82, 2.24) is 9.97 Å². The molecule has 0 spiro atoms. The van der Waals surface area contributed by atoms with Gasteiger partial charge in [-0.2, -0.15) is 0 Å². The van der Waals surface area contributed by atoms with E-state index in [1.54, 1.807) is 7.11 Å². The molecule has 0 bridgehead atoms. The highest BCUT2D eigenvalue weighted by Crippen LogP contribution is 2.26. The highest BCUT2D eigenvalue weighted by molar-refractivity contribution is 5.93. The number of rotatable bonds is 4. The van der Waals surface area contributed by atoms with Crippen LogP contribution in [0.3, 0.4) is 0 Å². The van der Waals surface area contributed by atoms with Crippen LogP contribution in [0.15, 0.2) is 30.5 Å². The Kier molecular flexibility index (Phi) is 3.91. The fraction of sp³-hybridized carbons (Fsp3) is 0.312. The zero-order valence-electron chi connectivity index (χ0n) is 12.3. The van der Waals surface area contributed by atoms with Gasteiger partial charge in [0, 0.05) is 24.8 Å². The number of aromatic nitrogens is 2. The number of benzene rings is 1. The summed E-state index contributed by atoms with van der Waals surface area (Å²) in [5.41, 5.74) is 0.984. The topological polar surface area (TPSA) is 75.6 Å². The molecular formula is C16H17N3O3. The highest BCUT2D eigenvalue weighted by Gasteiger charge is 2.22. The molecule has 1 aliphatic heterocycles. The van der Waals surface area contributed by atoms with Gasteiger partial charge in [0.25, 0.3) is 0 Å². The molecule has 1 aromatic carbocycles. The quantitative estimate of drug-likeness (QED) is 0.934. The van der Waals surface area contributed by atoms with E-state index in [9.17, 15) is 9.90 Å². The van der Waals surface area contributed by atoms with Gasteiger partial charge in [0.05, 0.1) is 7.11 Å². The molecule has 1 N–H and O–H groups in total. The maximum Gasteiger partial charge on any atom is 0.341 e. The van der Waals surface area contributed by atoms with Crippen molar-refractivity contribution in [2.45, 2.75) is 12.8 Å². The lowest BCUT2D eigenvalue weighted by Gasteiger charge is -2.18. The van der Waals surface area contributed by atoms with E-state index in [1.807, 2.05) is 29.2 Å². The van der Waals surface area contributed by atoms with Crippen molar-refractivity contribution in [3.8, 4) is 17.1 Å². The summed E-state index contributed by atoms with van der Waals surface area (Å²) in [6, 6.07) is 7.39. The summed E-state index contributed by atoms with van der Waals surface area (Å²) in [5, 5.41) is 9.33. The van der Waals surface area contributed by atoms with Crippen LogP contribution in [0.4, 0.5) is 5.82 Å². The SMILES string of the molecule is COc1ccc(-c2ncc(C(=O)O)c(N3CCCC3)n2)cc1. The third-order valence-electron chi connectivity index (χ3n) is 3.75. The van der Waals surface area contributed by atoms with E-state index >= 15 is 0 Å². The molecule has 0 radical (unpaired) electrons. The molecule has 0 amide bonds. The van der Waals surface area contributed by atoms with Crippen molar-refractivity contribution in [3.05, 3.63) is 36.0 Å². The molecule has 1 aromatic heterocycles. The van der Waals surface area contributed by atoms with Gasteiger partial charge in [0.15, 0.2) is 5.82 Å². The molecule has 2 aromatic rings. The molecule has 22 heavy (non-hydrogen) atoms. The molecule has 0 atom stereocenters. The summed E-state index contributed by atoms with van der Waals surface area (Å²) < 4.78 is 5.13. The number of methoxy groups -OCH3 is 1. The van der Waals surface area contributed by atoms with Crippen molar-refractivity contribution in [2.75, 3.05) is 25.1 Å². The van der Waals surface area contributed by atoms with Crippen molar-refractivity contribution in [2.24, 2.45) is 0 Å². The van der Waals surface area contributed by atoms with Crippen LogP contribution in [0, 0.1) is 0 Å².